The molecule has 2 aromatic heterocycles. The van der Waals surface area contributed by atoms with Crippen LogP contribution in [0.3, 0.4) is 0 Å². The van der Waals surface area contributed by atoms with E-state index in [9.17, 15) is 4.79 Å². The molecule has 0 amide bonds. The van der Waals surface area contributed by atoms with Gasteiger partial charge in [-0.15, -0.1) is 11.3 Å². The third kappa shape index (κ3) is 3.95. The first-order chi connectivity index (χ1) is 13.2. The van der Waals surface area contributed by atoms with E-state index in [4.69, 9.17) is 5.11 Å². The first-order valence-electron chi connectivity index (χ1n) is 9.07. The highest BCUT2D eigenvalue weighted by Crippen LogP contribution is 2.32. The lowest BCUT2D eigenvalue weighted by molar-refractivity contribution is 0.311. The van der Waals surface area contributed by atoms with Crippen molar-refractivity contribution in [3.63, 3.8) is 0 Å². The van der Waals surface area contributed by atoms with Crippen molar-refractivity contribution in [1.29, 1.82) is 0 Å². The van der Waals surface area contributed by atoms with Gasteiger partial charge in [0, 0.05) is 19.1 Å². The lowest BCUT2D eigenvalue weighted by Crippen LogP contribution is -2.39. The largest absolute Gasteiger partial charge is 0.395 e. The normalized spacial score (nSPS) is 17.1. The van der Waals surface area contributed by atoms with E-state index in [-0.39, 0.29) is 18.2 Å². The maximum absolute atomic E-state index is 12.9. The summed E-state index contributed by atoms with van der Waals surface area (Å²) in [6, 6.07) is 8.02. The van der Waals surface area contributed by atoms with Gasteiger partial charge in [0.25, 0.3) is 5.56 Å². The zero-order valence-electron chi connectivity index (χ0n) is 14.8. The minimum atomic E-state index is -0.254. The molecule has 3 aromatic rings. The van der Waals surface area contributed by atoms with E-state index in [1.54, 1.807) is 0 Å². The van der Waals surface area contributed by atoms with Gasteiger partial charge in [-0.05, 0) is 31.5 Å². The van der Waals surface area contributed by atoms with E-state index in [0.29, 0.717) is 28.9 Å². The fourth-order valence-corrected chi connectivity index (χ4v) is 4.19. The molecule has 4 rings (SSSR count). The minimum absolute atomic E-state index is 0.0430. The first kappa shape index (κ1) is 17.9. The molecule has 5 N–H and O–H groups in total. The average Bonchev–Trinajstić information content (AvgIpc) is 3.10. The number of anilines is 2. The molecule has 1 unspecified atom stereocenters. The molecule has 0 aliphatic carbocycles. The highest BCUT2D eigenvalue weighted by atomic mass is 32.1. The average molecular weight is 386 g/mol. The minimum Gasteiger partial charge on any atom is -0.395 e. The number of rotatable bonds is 6. The Hall–Kier alpha value is -2.49. The molecule has 1 atom stereocenters. The standard InChI is InChI=1S/C18H22N6O2S/c25-9-8-20-18-23-15(21-11-4-3-7-19-10-11)14(16(26)24-18)17-22-12-5-1-2-6-13(12)27-17/h1-2,5-6,11,19,25H,3-4,7-10H2,(H3,20,21,23,24,26). The van der Waals surface area contributed by atoms with Crippen molar-refractivity contribution in [2.45, 2.75) is 18.9 Å². The fraction of sp³-hybridized carbons (Fsp3) is 0.389. The summed E-state index contributed by atoms with van der Waals surface area (Å²) in [5, 5.41) is 19.4. The summed E-state index contributed by atoms with van der Waals surface area (Å²) in [4.78, 5) is 24.8. The summed E-state index contributed by atoms with van der Waals surface area (Å²) in [6.07, 6.45) is 2.09. The number of aliphatic hydroxyl groups excluding tert-OH is 1. The molecular formula is C18H22N6O2S. The quantitative estimate of drug-likeness (QED) is 0.437. The highest BCUT2D eigenvalue weighted by Gasteiger charge is 2.21. The molecule has 1 fully saturated rings. The van der Waals surface area contributed by atoms with Crippen LogP contribution >= 0.6 is 11.3 Å². The Morgan fingerprint density at radius 3 is 2.96 bits per heavy atom. The summed E-state index contributed by atoms with van der Waals surface area (Å²) < 4.78 is 1.03. The van der Waals surface area contributed by atoms with Crippen LogP contribution in [0.2, 0.25) is 0 Å². The number of aliphatic hydroxyl groups is 1. The van der Waals surface area contributed by atoms with Gasteiger partial charge in [0.15, 0.2) is 0 Å². The van der Waals surface area contributed by atoms with Crippen LogP contribution in [0.25, 0.3) is 20.8 Å². The van der Waals surface area contributed by atoms with E-state index in [2.05, 4.69) is 30.9 Å². The van der Waals surface area contributed by atoms with Crippen molar-refractivity contribution in [3.05, 3.63) is 34.6 Å². The number of hydrogen-bond acceptors (Lipinski definition) is 8. The predicted molar refractivity (Wildman–Crippen MR) is 109 cm³/mol. The number of fused-ring (bicyclic) bond motifs is 1. The smallest absolute Gasteiger partial charge is 0.264 e. The summed E-state index contributed by atoms with van der Waals surface area (Å²) in [6.45, 7) is 2.11. The second-order valence-corrected chi connectivity index (χ2v) is 7.49. The summed E-state index contributed by atoms with van der Waals surface area (Å²) in [5.74, 6) is 0.858. The lowest BCUT2D eigenvalue weighted by atomic mass is 10.1. The summed E-state index contributed by atoms with van der Waals surface area (Å²) in [7, 11) is 0. The maximum Gasteiger partial charge on any atom is 0.264 e. The maximum atomic E-state index is 12.9. The number of nitrogens with one attached hydrogen (secondary N) is 4. The van der Waals surface area contributed by atoms with E-state index in [1.165, 1.54) is 11.3 Å². The van der Waals surface area contributed by atoms with E-state index in [1.807, 2.05) is 24.3 Å². The van der Waals surface area contributed by atoms with Gasteiger partial charge in [0.2, 0.25) is 5.95 Å². The number of nitrogens with zero attached hydrogens (tertiary/aromatic N) is 2. The molecule has 0 bridgehead atoms. The van der Waals surface area contributed by atoms with Gasteiger partial charge in [0.1, 0.15) is 16.4 Å². The fourth-order valence-electron chi connectivity index (χ4n) is 3.18. The SMILES string of the molecule is O=c1[nH]c(NCCO)nc(NC2CCCNC2)c1-c1nc2ccccc2s1. The zero-order chi connectivity index (χ0) is 18.6. The molecule has 1 aromatic carbocycles. The Balaban J connectivity index is 1.76. The van der Waals surface area contributed by atoms with E-state index >= 15 is 0 Å². The molecule has 3 heterocycles. The first-order valence-corrected chi connectivity index (χ1v) is 9.88. The van der Waals surface area contributed by atoms with Crippen LogP contribution in [-0.4, -0.2) is 52.3 Å². The van der Waals surface area contributed by atoms with E-state index in [0.717, 1.165) is 36.1 Å². The molecule has 27 heavy (non-hydrogen) atoms. The molecule has 0 saturated carbocycles. The van der Waals surface area contributed by atoms with Crippen LogP contribution in [0.15, 0.2) is 29.1 Å². The van der Waals surface area contributed by atoms with Gasteiger partial charge >= 0.3 is 0 Å². The molecular weight excluding hydrogens is 364 g/mol. The predicted octanol–water partition coefficient (Wildman–Crippen LogP) is 1.61. The van der Waals surface area contributed by atoms with Crippen LogP contribution in [0.5, 0.6) is 0 Å². The number of aromatic amines is 1. The van der Waals surface area contributed by atoms with Crippen LogP contribution in [-0.2, 0) is 0 Å². The van der Waals surface area contributed by atoms with Crippen molar-refractivity contribution in [2.75, 3.05) is 36.9 Å². The molecule has 142 valence electrons. The summed E-state index contributed by atoms with van der Waals surface area (Å²) in [5.41, 5.74) is 1.07. The molecule has 1 aliphatic rings. The molecule has 1 aliphatic heterocycles. The van der Waals surface area contributed by atoms with Crippen LogP contribution in [0.4, 0.5) is 11.8 Å². The topological polar surface area (TPSA) is 115 Å². The van der Waals surface area contributed by atoms with E-state index < -0.39 is 0 Å². The van der Waals surface area contributed by atoms with Gasteiger partial charge in [-0.25, -0.2) is 4.98 Å². The second kappa shape index (κ2) is 8.03. The second-order valence-electron chi connectivity index (χ2n) is 6.46. The Labute approximate surface area is 160 Å². The number of benzene rings is 1. The Morgan fingerprint density at radius 1 is 1.30 bits per heavy atom. The van der Waals surface area contributed by atoms with Gasteiger partial charge in [0.05, 0.1) is 16.8 Å². The zero-order valence-corrected chi connectivity index (χ0v) is 15.6. The lowest BCUT2D eigenvalue weighted by Gasteiger charge is -2.25. The van der Waals surface area contributed by atoms with Gasteiger partial charge in [-0.1, -0.05) is 12.1 Å². The Bertz CT molecular complexity index is 946. The number of para-hydroxylation sites is 1. The van der Waals surface area contributed by atoms with Crippen molar-refractivity contribution < 1.29 is 5.11 Å². The van der Waals surface area contributed by atoms with Crippen LogP contribution < -0.4 is 21.5 Å². The third-order valence-corrected chi connectivity index (χ3v) is 5.52. The molecule has 1 saturated heterocycles. The molecule has 0 spiro atoms. The number of thiazole rings is 1. The number of H-pyrrole nitrogens is 1. The number of aromatic nitrogens is 3. The molecule has 9 heteroatoms. The van der Waals surface area contributed by atoms with Crippen molar-refractivity contribution in [1.82, 2.24) is 20.3 Å². The van der Waals surface area contributed by atoms with Crippen molar-refractivity contribution in [3.8, 4) is 10.6 Å². The van der Waals surface area contributed by atoms with Gasteiger partial charge in [-0.3, -0.25) is 9.78 Å². The molecule has 8 nitrogen and oxygen atoms in total. The van der Waals surface area contributed by atoms with Crippen LogP contribution in [0.1, 0.15) is 12.8 Å². The third-order valence-electron chi connectivity index (χ3n) is 4.47. The van der Waals surface area contributed by atoms with Gasteiger partial charge in [-0.2, -0.15) is 4.98 Å². The number of hydrogen-bond donors (Lipinski definition) is 5. The van der Waals surface area contributed by atoms with Gasteiger partial charge < -0.3 is 21.1 Å². The number of piperidine rings is 1. The monoisotopic (exact) mass is 386 g/mol. The molecule has 0 radical (unpaired) electrons. The van der Waals surface area contributed by atoms with Crippen molar-refractivity contribution >= 4 is 33.3 Å². The highest BCUT2D eigenvalue weighted by molar-refractivity contribution is 7.21. The van der Waals surface area contributed by atoms with Crippen molar-refractivity contribution in [2.24, 2.45) is 0 Å². The Kier molecular flexibility index (Phi) is 5.33. The summed E-state index contributed by atoms with van der Waals surface area (Å²) >= 11 is 1.48. The Morgan fingerprint density at radius 2 is 2.19 bits per heavy atom. The van der Waals surface area contributed by atoms with Crippen LogP contribution in [0, 0.1) is 0 Å².